The van der Waals surface area contributed by atoms with Crippen LogP contribution >= 0.6 is 11.6 Å². The fourth-order valence-corrected chi connectivity index (χ4v) is 4.93. The molecule has 0 bridgehead atoms. The molecule has 2 aliphatic heterocycles. The van der Waals surface area contributed by atoms with Crippen LogP contribution in [-0.4, -0.2) is 77.9 Å². The first-order valence-electron chi connectivity index (χ1n) is 10.7. The van der Waals surface area contributed by atoms with Gasteiger partial charge in [0.05, 0.1) is 0 Å². The molecule has 1 aromatic carbocycles. The fourth-order valence-electron chi connectivity index (χ4n) is 4.72. The van der Waals surface area contributed by atoms with Crippen LogP contribution in [0.3, 0.4) is 0 Å². The van der Waals surface area contributed by atoms with Gasteiger partial charge in [0.2, 0.25) is 11.8 Å². The minimum absolute atomic E-state index is 0.0962. The third-order valence-electron chi connectivity index (χ3n) is 6.43. The molecule has 0 unspecified atom stereocenters. The summed E-state index contributed by atoms with van der Waals surface area (Å²) < 4.78 is 0. The van der Waals surface area contributed by atoms with Gasteiger partial charge >= 0.3 is 0 Å². The van der Waals surface area contributed by atoms with E-state index in [9.17, 15) is 9.59 Å². The van der Waals surface area contributed by atoms with Crippen LogP contribution in [0.4, 0.5) is 0 Å². The van der Waals surface area contributed by atoms with Gasteiger partial charge in [-0.05, 0) is 51.4 Å². The number of hydrogen-bond donors (Lipinski definition) is 1. The molecule has 160 valence electrons. The van der Waals surface area contributed by atoms with Crippen molar-refractivity contribution >= 4 is 23.4 Å². The van der Waals surface area contributed by atoms with Crippen LogP contribution in [0.2, 0.25) is 5.02 Å². The van der Waals surface area contributed by atoms with E-state index >= 15 is 0 Å². The lowest BCUT2D eigenvalue weighted by Crippen LogP contribution is -2.49. The lowest BCUT2D eigenvalue weighted by molar-refractivity contribution is -0.131. The van der Waals surface area contributed by atoms with Crippen LogP contribution in [0.25, 0.3) is 0 Å². The molecule has 2 amide bonds. The number of carbonyl (C=O) groups excluding carboxylic acids is 2. The zero-order valence-corrected chi connectivity index (χ0v) is 18.5. The fraction of sp³-hybridized carbons (Fsp3) is 0.636. The number of likely N-dealkylation sites (N-methyl/N-ethyl adjacent to an activating group) is 1. The van der Waals surface area contributed by atoms with Gasteiger partial charge in [-0.3, -0.25) is 19.4 Å². The van der Waals surface area contributed by atoms with E-state index in [2.05, 4.69) is 28.2 Å². The topological polar surface area (TPSA) is 55.9 Å². The number of fused-ring (bicyclic) bond motifs is 1. The van der Waals surface area contributed by atoms with Gasteiger partial charge in [-0.25, -0.2) is 0 Å². The van der Waals surface area contributed by atoms with Crippen LogP contribution in [0.15, 0.2) is 24.3 Å². The van der Waals surface area contributed by atoms with Gasteiger partial charge < -0.3 is 10.2 Å². The van der Waals surface area contributed by atoms with E-state index in [-0.39, 0.29) is 29.9 Å². The largest absolute Gasteiger partial charge is 0.353 e. The summed E-state index contributed by atoms with van der Waals surface area (Å²) in [5.74, 6) is 0.295. The molecule has 3 atom stereocenters. The molecule has 0 saturated carbocycles. The Labute approximate surface area is 179 Å². The molecule has 0 spiro atoms. The Balaban J connectivity index is 1.65. The molecule has 2 saturated heterocycles. The van der Waals surface area contributed by atoms with Gasteiger partial charge in [-0.2, -0.15) is 0 Å². The third-order valence-corrected chi connectivity index (χ3v) is 6.67. The van der Waals surface area contributed by atoms with E-state index in [1.165, 1.54) is 0 Å². The number of nitrogens with zero attached hydrogens (tertiary/aromatic N) is 3. The number of hydrogen-bond acceptors (Lipinski definition) is 4. The summed E-state index contributed by atoms with van der Waals surface area (Å²) in [6.07, 6.45) is 2.25. The Morgan fingerprint density at radius 2 is 2.07 bits per heavy atom. The highest BCUT2D eigenvalue weighted by molar-refractivity contribution is 6.30. The normalized spacial score (nSPS) is 25.4. The Morgan fingerprint density at radius 3 is 2.76 bits per heavy atom. The molecule has 7 heteroatoms. The van der Waals surface area contributed by atoms with Crippen molar-refractivity contribution in [1.82, 2.24) is 20.0 Å². The predicted molar refractivity (Wildman–Crippen MR) is 116 cm³/mol. The van der Waals surface area contributed by atoms with Crippen molar-refractivity contribution in [2.45, 2.75) is 57.8 Å². The summed E-state index contributed by atoms with van der Waals surface area (Å²) in [4.78, 5) is 31.8. The molecule has 3 rings (SSSR count). The number of benzene rings is 1. The first kappa shape index (κ1) is 22.1. The average molecular weight is 421 g/mol. The number of nitrogens with one attached hydrogen (secondary N) is 1. The highest BCUT2D eigenvalue weighted by Gasteiger charge is 2.44. The maximum atomic E-state index is 12.9. The van der Waals surface area contributed by atoms with Gasteiger partial charge in [0.25, 0.3) is 0 Å². The molecule has 2 aliphatic rings. The minimum Gasteiger partial charge on any atom is -0.353 e. The van der Waals surface area contributed by atoms with Crippen molar-refractivity contribution in [3.8, 4) is 0 Å². The SMILES string of the molecule is CCN(CC)C(=O)CC[C@H]1CNC(=O)[C@@H]2[C@@H](CCN2Cc2cccc(Cl)c2)N1C. The molecule has 2 heterocycles. The van der Waals surface area contributed by atoms with Crippen LogP contribution in [0.5, 0.6) is 0 Å². The molecule has 29 heavy (non-hydrogen) atoms. The Hall–Kier alpha value is -1.63. The third kappa shape index (κ3) is 5.11. The van der Waals surface area contributed by atoms with E-state index < -0.39 is 0 Å². The monoisotopic (exact) mass is 420 g/mol. The van der Waals surface area contributed by atoms with Crippen molar-refractivity contribution in [2.24, 2.45) is 0 Å². The second-order valence-electron chi connectivity index (χ2n) is 8.07. The Bertz CT molecular complexity index is 725. The lowest BCUT2D eigenvalue weighted by Gasteiger charge is -2.33. The van der Waals surface area contributed by atoms with Crippen molar-refractivity contribution in [1.29, 1.82) is 0 Å². The summed E-state index contributed by atoms with van der Waals surface area (Å²) in [5, 5.41) is 3.85. The summed E-state index contributed by atoms with van der Waals surface area (Å²) in [5.41, 5.74) is 1.12. The number of likely N-dealkylation sites (tertiary alicyclic amines) is 1. The number of rotatable bonds is 7. The minimum atomic E-state index is -0.164. The standard InChI is InChI=1S/C22H33ClN4O2/c1-4-26(5-2)20(28)10-9-18-14-24-22(29)21-19(25(18)3)11-12-27(21)15-16-7-6-8-17(23)13-16/h6-8,13,18-19,21H,4-5,9-12,14-15H2,1-3H3,(H,24,29)/t18-,19+,21-/m0/s1. The second-order valence-corrected chi connectivity index (χ2v) is 8.51. The molecule has 2 fully saturated rings. The zero-order valence-electron chi connectivity index (χ0n) is 17.7. The number of halogens is 1. The average Bonchev–Trinajstić information content (AvgIpc) is 3.06. The summed E-state index contributed by atoms with van der Waals surface area (Å²) in [6, 6.07) is 8.03. The zero-order chi connectivity index (χ0) is 21.0. The molecule has 1 aromatic rings. The summed E-state index contributed by atoms with van der Waals surface area (Å²) in [7, 11) is 2.10. The van der Waals surface area contributed by atoms with Crippen LogP contribution < -0.4 is 5.32 Å². The van der Waals surface area contributed by atoms with E-state index in [1.54, 1.807) is 0 Å². The van der Waals surface area contributed by atoms with E-state index in [0.717, 1.165) is 43.1 Å². The van der Waals surface area contributed by atoms with Crippen LogP contribution in [0.1, 0.15) is 38.7 Å². The maximum absolute atomic E-state index is 12.9. The highest BCUT2D eigenvalue weighted by Crippen LogP contribution is 2.29. The Morgan fingerprint density at radius 1 is 1.31 bits per heavy atom. The van der Waals surface area contributed by atoms with Gasteiger partial charge in [-0.1, -0.05) is 23.7 Å². The van der Waals surface area contributed by atoms with Crippen LogP contribution in [-0.2, 0) is 16.1 Å². The van der Waals surface area contributed by atoms with E-state index in [0.29, 0.717) is 19.5 Å². The van der Waals surface area contributed by atoms with Crippen molar-refractivity contribution in [3.05, 3.63) is 34.9 Å². The van der Waals surface area contributed by atoms with Crippen molar-refractivity contribution < 1.29 is 9.59 Å². The molecular formula is C22H33ClN4O2. The summed E-state index contributed by atoms with van der Waals surface area (Å²) >= 11 is 6.13. The molecule has 6 nitrogen and oxygen atoms in total. The number of amides is 2. The van der Waals surface area contributed by atoms with Gasteiger partial charge in [-0.15, -0.1) is 0 Å². The van der Waals surface area contributed by atoms with Crippen molar-refractivity contribution in [2.75, 3.05) is 33.2 Å². The first-order chi connectivity index (χ1) is 13.9. The molecule has 1 N–H and O–H groups in total. The second kappa shape index (κ2) is 9.92. The van der Waals surface area contributed by atoms with Crippen molar-refractivity contribution in [3.63, 3.8) is 0 Å². The smallest absolute Gasteiger partial charge is 0.239 e. The quantitative estimate of drug-likeness (QED) is 0.735. The maximum Gasteiger partial charge on any atom is 0.239 e. The summed E-state index contributed by atoms with van der Waals surface area (Å²) in [6.45, 7) is 7.71. The first-order valence-corrected chi connectivity index (χ1v) is 11.1. The lowest BCUT2D eigenvalue weighted by atomic mass is 10.0. The van der Waals surface area contributed by atoms with Gasteiger partial charge in [0, 0.05) is 56.3 Å². The van der Waals surface area contributed by atoms with E-state index in [1.807, 2.05) is 36.9 Å². The highest BCUT2D eigenvalue weighted by atomic mass is 35.5. The number of carbonyl (C=O) groups is 2. The van der Waals surface area contributed by atoms with E-state index in [4.69, 9.17) is 11.6 Å². The molecule has 0 aromatic heterocycles. The Kier molecular flexibility index (Phi) is 7.55. The molecule has 0 aliphatic carbocycles. The molecule has 0 radical (unpaired) electrons. The predicted octanol–water partition coefficient (Wildman–Crippen LogP) is 2.36. The van der Waals surface area contributed by atoms with Gasteiger partial charge in [0.1, 0.15) is 6.04 Å². The van der Waals surface area contributed by atoms with Crippen LogP contribution in [0, 0.1) is 0 Å². The molecular weight excluding hydrogens is 388 g/mol. The van der Waals surface area contributed by atoms with Gasteiger partial charge in [0.15, 0.2) is 0 Å².